The molecule has 1 aromatic rings. The van der Waals surface area contributed by atoms with Gasteiger partial charge in [0.05, 0.1) is 0 Å². The van der Waals surface area contributed by atoms with Crippen molar-refractivity contribution in [3.8, 4) is 0 Å². The topological polar surface area (TPSA) is 124 Å². The van der Waals surface area contributed by atoms with Crippen LogP contribution in [0.25, 0.3) is 0 Å². The maximum Gasteiger partial charge on any atom is 0.00767 e. The Morgan fingerprint density at radius 2 is 0.658 bits per heavy atom. The lowest BCUT2D eigenvalue weighted by Crippen LogP contribution is -2.30. The normalized spacial score (nSPS) is 11.4. The van der Waals surface area contributed by atoms with Crippen molar-refractivity contribution in [3.63, 3.8) is 0 Å². The molecule has 0 aromatic heterocycles. The Kier molecular flexibility index (Phi) is 26.6. The molecule has 8 heteroatoms. The molecular weight excluding hydrogens is 472 g/mol. The molecular formula is C30H62N8. The maximum absolute atomic E-state index is 5.46. The number of unbranched alkanes of at least 4 members (excludes halogenated alkanes) is 4. The van der Waals surface area contributed by atoms with E-state index in [1.165, 1.54) is 62.5 Å². The Balaban J connectivity index is 1.83. The molecule has 0 spiro atoms. The van der Waals surface area contributed by atoms with Gasteiger partial charge in [-0.1, -0.05) is 37.1 Å². The van der Waals surface area contributed by atoms with Gasteiger partial charge < -0.3 is 43.4 Å². The molecule has 0 heterocycles. The molecule has 222 valence electrons. The fourth-order valence-electron chi connectivity index (χ4n) is 4.37. The van der Waals surface area contributed by atoms with E-state index in [0.717, 1.165) is 104 Å². The van der Waals surface area contributed by atoms with Crippen molar-refractivity contribution in [1.82, 2.24) is 31.9 Å². The second-order valence-corrected chi connectivity index (χ2v) is 10.2. The van der Waals surface area contributed by atoms with Crippen LogP contribution in [0.2, 0.25) is 0 Å². The number of aryl methyl sites for hydroxylation is 2. The van der Waals surface area contributed by atoms with Crippen molar-refractivity contribution in [2.45, 2.75) is 64.2 Å². The third kappa shape index (κ3) is 24.0. The number of rotatable bonds is 30. The van der Waals surface area contributed by atoms with E-state index in [1.54, 1.807) is 0 Å². The van der Waals surface area contributed by atoms with E-state index in [-0.39, 0.29) is 0 Å². The third-order valence-corrected chi connectivity index (χ3v) is 6.67. The Labute approximate surface area is 234 Å². The SMILES string of the molecule is NCCNCCCNCCNCCCCCc1ccc(CCCCCNCCNCCCNCCN)cc1. The van der Waals surface area contributed by atoms with E-state index >= 15 is 0 Å². The predicted molar refractivity (Wildman–Crippen MR) is 166 cm³/mol. The molecule has 0 saturated heterocycles. The second kappa shape index (κ2) is 28.9. The first-order valence-corrected chi connectivity index (χ1v) is 15.6. The summed E-state index contributed by atoms with van der Waals surface area (Å²) in [5.74, 6) is 0. The summed E-state index contributed by atoms with van der Waals surface area (Å²) in [6.07, 6.45) is 12.4. The van der Waals surface area contributed by atoms with Gasteiger partial charge in [0.2, 0.25) is 0 Å². The highest BCUT2D eigenvalue weighted by atomic mass is 15.0. The van der Waals surface area contributed by atoms with E-state index in [0.29, 0.717) is 0 Å². The van der Waals surface area contributed by atoms with Gasteiger partial charge in [-0.15, -0.1) is 0 Å². The van der Waals surface area contributed by atoms with Gasteiger partial charge in [-0.3, -0.25) is 0 Å². The summed E-state index contributed by atoms with van der Waals surface area (Å²) in [7, 11) is 0. The molecule has 10 N–H and O–H groups in total. The van der Waals surface area contributed by atoms with Crippen LogP contribution in [0.4, 0.5) is 0 Å². The van der Waals surface area contributed by atoms with Gasteiger partial charge >= 0.3 is 0 Å². The van der Waals surface area contributed by atoms with Crippen molar-refractivity contribution in [1.29, 1.82) is 0 Å². The lowest BCUT2D eigenvalue weighted by molar-refractivity contribution is 0.557. The molecule has 8 nitrogen and oxygen atoms in total. The van der Waals surface area contributed by atoms with Gasteiger partial charge in [0.25, 0.3) is 0 Å². The zero-order valence-electron chi connectivity index (χ0n) is 24.4. The molecule has 0 unspecified atom stereocenters. The van der Waals surface area contributed by atoms with Crippen molar-refractivity contribution >= 4 is 0 Å². The number of benzene rings is 1. The highest BCUT2D eigenvalue weighted by Gasteiger charge is 1.98. The Morgan fingerprint density at radius 3 is 1.00 bits per heavy atom. The molecule has 1 rings (SSSR count). The minimum Gasteiger partial charge on any atom is -0.329 e. The average molecular weight is 535 g/mol. The summed E-state index contributed by atoms with van der Waals surface area (Å²) >= 11 is 0. The molecule has 0 aliphatic carbocycles. The zero-order valence-corrected chi connectivity index (χ0v) is 24.4. The Bertz CT molecular complexity index is 533. The molecule has 0 aliphatic heterocycles. The monoisotopic (exact) mass is 535 g/mol. The van der Waals surface area contributed by atoms with Gasteiger partial charge in [0.1, 0.15) is 0 Å². The van der Waals surface area contributed by atoms with Crippen LogP contribution in [0.5, 0.6) is 0 Å². The molecule has 0 amide bonds. The fraction of sp³-hybridized carbons (Fsp3) is 0.800. The molecule has 0 atom stereocenters. The van der Waals surface area contributed by atoms with Crippen LogP contribution < -0.4 is 43.4 Å². The van der Waals surface area contributed by atoms with Crippen LogP contribution in [-0.4, -0.2) is 91.6 Å². The number of nitrogens with two attached hydrogens (primary N) is 2. The molecule has 38 heavy (non-hydrogen) atoms. The standard InChI is InChI=1S/C30H62N8/c31-15-23-33-19-7-21-37-27-25-35-17-5-1-3-9-29-11-13-30(14-12-29)10-4-2-6-18-36-26-28-38-22-8-20-34-24-16-32/h11-14,33-38H,1-10,15-28,31-32H2. The summed E-state index contributed by atoms with van der Waals surface area (Å²) in [6.45, 7) is 14.0. The summed E-state index contributed by atoms with van der Waals surface area (Å²) in [6, 6.07) is 9.36. The summed E-state index contributed by atoms with van der Waals surface area (Å²) in [4.78, 5) is 0. The molecule has 0 bridgehead atoms. The first-order chi connectivity index (χ1) is 18.9. The minimum absolute atomic E-state index is 0.720. The van der Waals surface area contributed by atoms with Crippen LogP contribution in [0.3, 0.4) is 0 Å². The van der Waals surface area contributed by atoms with E-state index in [9.17, 15) is 0 Å². The van der Waals surface area contributed by atoms with E-state index in [4.69, 9.17) is 11.5 Å². The molecule has 0 saturated carbocycles. The van der Waals surface area contributed by atoms with Crippen LogP contribution in [-0.2, 0) is 12.8 Å². The number of hydrogen-bond acceptors (Lipinski definition) is 8. The van der Waals surface area contributed by atoms with Crippen LogP contribution in [0.15, 0.2) is 24.3 Å². The highest BCUT2D eigenvalue weighted by Crippen LogP contribution is 2.11. The smallest absolute Gasteiger partial charge is 0.00767 e. The van der Waals surface area contributed by atoms with Crippen molar-refractivity contribution in [3.05, 3.63) is 35.4 Å². The van der Waals surface area contributed by atoms with Crippen LogP contribution in [0, 0.1) is 0 Å². The average Bonchev–Trinajstić information content (AvgIpc) is 2.94. The first kappa shape index (κ1) is 34.9. The van der Waals surface area contributed by atoms with E-state index in [2.05, 4.69) is 56.2 Å². The quantitative estimate of drug-likeness (QED) is 0.0696. The number of nitrogens with one attached hydrogen (secondary N) is 6. The lowest BCUT2D eigenvalue weighted by Gasteiger charge is -2.08. The zero-order chi connectivity index (χ0) is 27.2. The third-order valence-electron chi connectivity index (χ3n) is 6.67. The highest BCUT2D eigenvalue weighted by molar-refractivity contribution is 5.22. The summed E-state index contributed by atoms with van der Waals surface area (Å²) in [5, 5.41) is 20.7. The molecule has 1 aromatic carbocycles. The molecule has 0 aliphatic rings. The summed E-state index contributed by atoms with van der Waals surface area (Å²) < 4.78 is 0. The van der Waals surface area contributed by atoms with Crippen molar-refractivity contribution < 1.29 is 0 Å². The summed E-state index contributed by atoms with van der Waals surface area (Å²) in [5.41, 5.74) is 13.9. The minimum atomic E-state index is 0.720. The van der Waals surface area contributed by atoms with Gasteiger partial charge in [-0.05, 0) is 102 Å². The van der Waals surface area contributed by atoms with Crippen molar-refractivity contribution in [2.24, 2.45) is 11.5 Å². The first-order valence-electron chi connectivity index (χ1n) is 15.6. The van der Waals surface area contributed by atoms with Gasteiger partial charge in [-0.2, -0.15) is 0 Å². The lowest BCUT2D eigenvalue weighted by atomic mass is 10.0. The van der Waals surface area contributed by atoms with Crippen LogP contribution >= 0.6 is 0 Å². The number of hydrogen-bond donors (Lipinski definition) is 8. The van der Waals surface area contributed by atoms with Crippen molar-refractivity contribution in [2.75, 3.05) is 91.6 Å². The Morgan fingerprint density at radius 1 is 0.342 bits per heavy atom. The van der Waals surface area contributed by atoms with Gasteiger partial charge in [0.15, 0.2) is 0 Å². The Hall–Kier alpha value is -1.10. The molecule has 0 radical (unpaired) electrons. The van der Waals surface area contributed by atoms with E-state index < -0.39 is 0 Å². The van der Waals surface area contributed by atoms with E-state index in [1.807, 2.05) is 0 Å². The largest absolute Gasteiger partial charge is 0.329 e. The maximum atomic E-state index is 5.46. The predicted octanol–water partition coefficient (Wildman–Crippen LogP) is 1.35. The molecule has 0 fully saturated rings. The van der Waals surface area contributed by atoms with Gasteiger partial charge in [-0.25, -0.2) is 0 Å². The van der Waals surface area contributed by atoms with Gasteiger partial charge in [0, 0.05) is 52.4 Å². The fourth-order valence-corrected chi connectivity index (χ4v) is 4.37. The second-order valence-electron chi connectivity index (χ2n) is 10.2. The van der Waals surface area contributed by atoms with Crippen LogP contribution in [0.1, 0.15) is 62.5 Å².